The first-order valence-electron chi connectivity index (χ1n) is 7.40. The van der Waals surface area contributed by atoms with E-state index in [1.54, 1.807) is 0 Å². The Morgan fingerprint density at radius 2 is 2.15 bits per heavy atom. The number of piperidine rings is 1. The van der Waals surface area contributed by atoms with E-state index in [4.69, 9.17) is 10.5 Å². The van der Waals surface area contributed by atoms with Crippen LogP contribution in [0.15, 0.2) is 24.3 Å². The molecule has 0 bridgehead atoms. The lowest BCUT2D eigenvalue weighted by Gasteiger charge is -2.32. The van der Waals surface area contributed by atoms with Crippen molar-refractivity contribution < 1.29 is 9.53 Å². The number of carbonyl (C=O) groups excluding carboxylic acids is 1. The van der Waals surface area contributed by atoms with E-state index in [0.29, 0.717) is 12.5 Å². The van der Waals surface area contributed by atoms with Gasteiger partial charge in [-0.2, -0.15) is 0 Å². The maximum atomic E-state index is 12.5. The molecule has 20 heavy (non-hydrogen) atoms. The lowest BCUT2D eigenvalue weighted by atomic mass is 9.98. The van der Waals surface area contributed by atoms with E-state index in [9.17, 15) is 4.79 Å². The second-order valence-electron chi connectivity index (χ2n) is 5.32. The van der Waals surface area contributed by atoms with Crippen LogP contribution in [-0.4, -0.2) is 37.1 Å². The highest BCUT2D eigenvalue weighted by Gasteiger charge is 2.24. The Labute approximate surface area is 120 Å². The molecule has 1 aliphatic rings. The third-order valence-corrected chi connectivity index (χ3v) is 3.80. The lowest BCUT2D eigenvalue weighted by Crippen LogP contribution is -2.41. The maximum Gasteiger partial charge on any atom is 0.253 e. The molecule has 1 aliphatic heterocycles. The second kappa shape index (κ2) is 7.41. The van der Waals surface area contributed by atoms with Crippen molar-refractivity contribution in [2.24, 2.45) is 11.7 Å². The predicted octanol–water partition coefficient (Wildman–Crippen LogP) is 2.03. The van der Waals surface area contributed by atoms with Crippen LogP contribution in [0.25, 0.3) is 0 Å². The van der Waals surface area contributed by atoms with Gasteiger partial charge in [-0.25, -0.2) is 0 Å². The molecule has 2 rings (SSSR count). The van der Waals surface area contributed by atoms with Gasteiger partial charge in [-0.3, -0.25) is 4.79 Å². The summed E-state index contributed by atoms with van der Waals surface area (Å²) in [5.74, 6) is 0.589. The molecule has 110 valence electrons. The molecular formula is C16H24N2O2. The molecule has 0 radical (unpaired) electrons. The number of ether oxygens (including phenoxy) is 1. The summed E-state index contributed by atoms with van der Waals surface area (Å²) in [4.78, 5) is 14.4. The Morgan fingerprint density at radius 3 is 2.80 bits per heavy atom. The largest absolute Gasteiger partial charge is 0.381 e. The van der Waals surface area contributed by atoms with Crippen molar-refractivity contribution in [3.63, 3.8) is 0 Å². The zero-order valence-corrected chi connectivity index (χ0v) is 12.2. The summed E-state index contributed by atoms with van der Waals surface area (Å²) < 4.78 is 5.49. The van der Waals surface area contributed by atoms with E-state index in [1.165, 1.54) is 0 Å². The van der Waals surface area contributed by atoms with Crippen LogP contribution in [0.1, 0.15) is 35.7 Å². The third kappa shape index (κ3) is 3.81. The van der Waals surface area contributed by atoms with Crippen LogP contribution in [-0.2, 0) is 11.3 Å². The zero-order chi connectivity index (χ0) is 14.4. The first kappa shape index (κ1) is 15.0. The molecular weight excluding hydrogens is 252 g/mol. The Bertz CT molecular complexity index is 431. The normalized spacial score (nSPS) is 19.1. The molecule has 1 saturated heterocycles. The monoisotopic (exact) mass is 276 g/mol. The minimum absolute atomic E-state index is 0.120. The van der Waals surface area contributed by atoms with E-state index in [-0.39, 0.29) is 5.91 Å². The number of benzene rings is 1. The van der Waals surface area contributed by atoms with Gasteiger partial charge in [-0.05, 0) is 43.4 Å². The quantitative estimate of drug-likeness (QED) is 0.895. The van der Waals surface area contributed by atoms with Crippen LogP contribution in [0, 0.1) is 5.92 Å². The van der Waals surface area contributed by atoms with Crippen molar-refractivity contribution in [3.8, 4) is 0 Å². The molecule has 1 atom stereocenters. The predicted molar refractivity (Wildman–Crippen MR) is 79.5 cm³/mol. The molecule has 1 aromatic carbocycles. The first-order valence-corrected chi connectivity index (χ1v) is 7.40. The average Bonchev–Trinajstić information content (AvgIpc) is 2.52. The Balaban J connectivity index is 1.96. The zero-order valence-electron chi connectivity index (χ0n) is 12.2. The van der Waals surface area contributed by atoms with Gasteiger partial charge in [-0.15, -0.1) is 0 Å². The summed E-state index contributed by atoms with van der Waals surface area (Å²) in [5.41, 5.74) is 7.37. The summed E-state index contributed by atoms with van der Waals surface area (Å²) in [6, 6.07) is 7.59. The van der Waals surface area contributed by atoms with Crippen molar-refractivity contribution >= 4 is 5.91 Å². The van der Waals surface area contributed by atoms with Crippen molar-refractivity contribution in [1.29, 1.82) is 0 Å². The third-order valence-electron chi connectivity index (χ3n) is 3.80. The number of hydrogen-bond acceptors (Lipinski definition) is 3. The fourth-order valence-corrected chi connectivity index (χ4v) is 2.64. The van der Waals surface area contributed by atoms with Gasteiger partial charge in [0.1, 0.15) is 0 Å². The number of rotatable bonds is 5. The summed E-state index contributed by atoms with van der Waals surface area (Å²) in [6.45, 7) is 5.66. The molecule has 1 amide bonds. The van der Waals surface area contributed by atoms with Crippen LogP contribution in [0.4, 0.5) is 0 Å². The highest BCUT2D eigenvalue weighted by Crippen LogP contribution is 2.19. The van der Waals surface area contributed by atoms with Gasteiger partial charge < -0.3 is 15.4 Å². The van der Waals surface area contributed by atoms with E-state index in [1.807, 2.05) is 36.1 Å². The van der Waals surface area contributed by atoms with Gasteiger partial charge in [0.25, 0.3) is 5.91 Å². The van der Waals surface area contributed by atoms with Crippen molar-refractivity contribution in [1.82, 2.24) is 4.90 Å². The maximum absolute atomic E-state index is 12.5. The van der Waals surface area contributed by atoms with Crippen LogP contribution >= 0.6 is 0 Å². The van der Waals surface area contributed by atoms with E-state index < -0.39 is 0 Å². The molecule has 4 heteroatoms. The molecule has 1 unspecified atom stereocenters. The van der Waals surface area contributed by atoms with Crippen LogP contribution in [0.3, 0.4) is 0 Å². The summed E-state index contributed by atoms with van der Waals surface area (Å²) >= 11 is 0. The molecule has 0 spiro atoms. The molecule has 2 N–H and O–H groups in total. The molecule has 0 aromatic heterocycles. The Morgan fingerprint density at radius 1 is 1.40 bits per heavy atom. The second-order valence-corrected chi connectivity index (χ2v) is 5.32. The average molecular weight is 276 g/mol. The fourth-order valence-electron chi connectivity index (χ4n) is 2.64. The van der Waals surface area contributed by atoms with E-state index in [2.05, 4.69) is 0 Å². The van der Waals surface area contributed by atoms with Gasteiger partial charge in [0, 0.05) is 31.8 Å². The number of nitrogens with zero attached hydrogens (tertiary/aromatic N) is 1. The van der Waals surface area contributed by atoms with Crippen molar-refractivity contribution in [2.75, 3.05) is 26.3 Å². The van der Waals surface area contributed by atoms with Gasteiger partial charge in [-0.1, -0.05) is 12.1 Å². The molecule has 1 aromatic rings. The summed E-state index contributed by atoms with van der Waals surface area (Å²) in [6.07, 6.45) is 2.21. The minimum atomic E-state index is 0.120. The molecule has 1 heterocycles. The van der Waals surface area contributed by atoms with Gasteiger partial charge in [0.15, 0.2) is 0 Å². The van der Waals surface area contributed by atoms with Crippen LogP contribution in [0.2, 0.25) is 0 Å². The topological polar surface area (TPSA) is 55.6 Å². The summed E-state index contributed by atoms with van der Waals surface area (Å²) in [7, 11) is 0. The first-order chi connectivity index (χ1) is 9.74. The SMILES string of the molecule is CCOCC1CCCN(C(=O)c2ccc(CN)cc2)C1. The molecule has 0 aliphatic carbocycles. The highest BCUT2D eigenvalue weighted by atomic mass is 16.5. The van der Waals surface area contributed by atoms with Gasteiger partial charge >= 0.3 is 0 Å². The summed E-state index contributed by atoms with van der Waals surface area (Å²) in [5, 5.41) is 0. The number of hydrogen-bond donors (Lipinski definition) is 1. The highest BCUT2D eigenvalue weighted by molar-refractivity contribution is 5.94. The molecule has 1 fully saturated rings. The molecule has 0 saturated carbocycles. The van der Waals surface area contributed by atoms with Crippen molar-refractivity contribution in [3.05, 3.63) is 35.4 Å². The number of nitrogens with two attached hydrogens (primary N) is 1. The number of likely N-dealkylation sites (tertiary alicyclic amines) is 1. The smallest absolute Gasteiger partial charge is 0.253 e. The minimum Gasteiger partial charge on any atom is -0.381 e. The van der Waals surface area contributed by atoms with Crippen molar-refractivity contribution in [2.45, 2.75) is 26.3 Å². The molecule has 4 nitrogen and oxygen atoms in total. The lowest BCUT2D eigenvalue weighted by molar-refractivity contribution is 0.0501. The van der Waals surface area contributed by atoms with Gasteiger partial charge in [0.2, 0.25) is 0 Å². The van der Waals surface area contributed by atoms with E-state index in [0.717, 1.165) is 50.3 Å². The standard InChI is InChI=1S/C16H24N2O2/c1-2-20-12-14-4-3-9-18(11-14)16(19)15-7-5-13(10-17)6-8-15/h5-8,14H,2-4,9-12,17H2,1H3. The van der Waals surface area contributed by atoms with E-state index >= 15 is 0 Å². The Hall–Kier alpha value is -1.39. The Kier molecular flexibility index (Phi) is 5.56. The van der Waals surface area contributed by atoms with Gasteiger partial charge in [0.05, 0.1) is 6.61 Å². The van der Waals surface area contributed by atoms with Crippen LogP contribution in [0.5, 0.6) is 0 Å². The fraction of sp³-hybridized carbons (Fsp3) is 0.562. The number of amides is 1. The van der Waals surface area contributed by atoms with Crippen LogP contribution < -0.4 is 5.73 Å². The number of carbonyl (C=O) groups is 1.